The highest BCUT2D eigenvalue weighted by Crippen LogP contribution is 2.33. The van der Waals surface area contributed by atoms with Crippen LogP contribution in [0.15, 0.2) is 66.4 Å². The number of hydrogen-bond donors (Lipinski definition) is 2. The van der Waals surface area contributed by atoms with Crippen LogP contribution in [0.5, 0.6) is 0 Å². The van der Waals surface area contributed by atoms with E-state index in [1.807, 2.05) is 30.7 Å². The maximum Gasteiger partial charge on any atom is 0.159 e. The summed E-state index contributed by atoms with van der Waals surface area (Å²) in [5, 5.41) is 10.8. The second kappa shape index (κ2) is 7.91. The quantitative estimate of drug-likeness (QED) is 0.369. The first-order chi connectivity index (χ1) is 16.2. The molecule has 6 rings (SSSR count). The molecule has 8 heteroatoms. The van der Waals surface area contributed by atoms with Gasteiger partial charge in [0, 0.05) is 36.1 Å². The number of H-pyrrole nitrogens is 2. The van der Waals surface area contributed by atoms with Gasteiger partial charge in [0.05, 0.1) is 15.9 Å². The number of nitrogens with zero attached hydrogens (tertiary/aromatic N) is 5. The van der Waals surface area contributed by atoms with Crippen LogP contribution in [0.1, 0.15) is 5.56 Å². The summed E-state index contributed by atoms with van der Waals surface area (Å²) >= 11 is 1.66. The second-order valence-corrected chi connectivity index (χ2v) is 9.22. The van der Waals surface area contributed by atoms with Crippen molar-refractivity contribution in [2.75, 3.05) is 14.1 Å². The number of fused-ring (bicyclic) bond motifs is 2. The molecule has 0 aliphatic carbocycles. The number of nitrogens with one attached hydrogen (secondary N) is 2. The van der Waals surface area contributed by atoms with Gasteiger partial charge in [-0.3, -0.25) is 15.1 Å². The van der Waals surface area contributed by atoms with Crippen molar-refractivity contribution in [3.8, 4) is 33.2 Å². The number of rotatable bonds is 5. The molecule has 0 amide bonds. The topological polar surface area (TPSA) is 86.4 Å². The Morgan fingerprint density at radius 1 is 0.970 bits per heavy atom. The van der Waals surface area contributed by atoms with Gasteiger partial charge in [0.15, 0.2) is 5.82 Å². The van der Waals surface area contributed by atoms with E-state index in [-0.39, 0.29) is 0 Å². The van der Waals surface area contributed by atoms with Crippen molar-refractivity contribution >= 4 is 33.3 Å². The van der Waals surface area contributed by atoms with Crippen molar-refractivity contribution in [1.29, 1.82) is 0 Å². The molecule has 0 aliphatic rings. The van der Waals surface area contributed by atoms with E-state index in [4.69, 9.17) is 4.98 Å². The molecule has 0 bridgehead atoms. The van der Waals surface area contributed by atoms with E-state index in [0.717, 1.165) is 61.7 Å². The lowest BCUT2D eigenvalue weighted by Gasteiger charge is -2.10. The van der Waals surface area contributed by atoms with Gasteiger partial charge in [-0.2, -0.15) is 5.10 Å². The molecule has 5 aromatic heterocycles. The molecule has 0 unspecified atom stereocenters. The fourth-order valence-electron chi connectivity index (χ4n) is 4.11. The third-order valence-electron chi connectivity index (χ3n) is 5.57. The molecular weight excluding hydrogens is 430 g/mol. The molecule has 1 aromatic carbocycles. The minimum atomic E-state index is 0.721. The van der Waals surface area contributed by atoms with E-state index in [1.165, 1.54) is 5.56 Å². The molecule has 7 nitrogen and oxygen atoms in total. The van der Waals surface area contributed by atoms with Gasteiger partial charge in [-0.15, -0.1) is 11.3 Å². The molecule has 0 aliphatic heterocycles. The number of aromatic amines is 2. The van der Waals surface area contributed by atoms with Gasteiger partial charge < -0.3 is 9.88 Å². The monoisotopic (exact) mass is 451 g/mol. The molecule has 162 valence electrons. The minimum Gasteiger partial charge on any atom is -0.336 e. The fraction of sp³-hybridized carbons (Fsp3) is 0.120. The van der Waals surface area contributed by atoms with Gasteiger partial charge in [0.25, 0.3) is 0 Å². The van der Waals surface area contributed by atoms with Crippen LogP contribution in [0.2, 0.25) is 0 Å². The van der Waals surface area contributed by atoms with Crippen LogP contribution in [0, 0.1) is 0 Å². The molecule has 0 radical (unpaired) electrons. The average Bonchev–Trinajstić information content (AvgIpc) is 3.57. The number of benzene rings is 1. The molecule has 0 atom stereocenters. The zero-order valence-corrected chi connectivity index (χ0v) is 19.0. The number of pyridine rings is 2. The summed E-state index contributed by atoms with van der Waals surface area (Å²) in [4.78, 5) is 20.6. The van der Waals surface area contributed by atoms with E-state index in [1.54, 1.807) is 11.3 Å². The Morgan fingerprint density at radius 2 is 1.91 bits per heavy atom. The van der Waals surface area contributed by atoms with E-state index >= 15 is 0 Å². The van der Waals surface area contributed by atoms with Crippen LogP contribution in [0.3, 0.4) is 0 Å². The molecule has 0 saturated heterocycles. The van der Waals surface area contributed by atoms with Crippen LogP contribution in [-0.4, -0.2) is 49.1 Å². The lowest BCUT2D eigenvalue weighted by molar-refractivity contribution is 0.402. The van der Waals surface area contributed by atoms with E-state index < -0.39 is 0 Å². The Hall–Kier alpha value is -3.88. The smallest absolute Gasteiger partial charge is 0.159 e. The first kappa shape index (κ1) is 19.8. The number of aromatic nitrogens is 6. The van der Waals surface area contributed by atoms with Gasteiger partial charge in [-0.05, 0) is 60.9 Å². The van der Waals surface area contributed by atoms with Gasteiger partial charge in [0.2, 0.25) is 0 Å². The normalized spacial score (nSPS) is 11.7. The Bertz CT molecular complexity index is 1580. The highest BCUT2D eigenvalue weighted by Gasteiger charge is 2.16. The van der Waals surface area contributed by atoms with Crippen molar-refractivity contribution in [1.82, 2.24) is 35.0 Å². The Balaban J connectivity index is 1.45. The van der Waals surface area contributed by atoms with E-state index in [9.17, 15) is 0 Å². The molecule has 0 spiro atoms. The van der Waals surface area contributed by atoms with Crippen LogP contribution in [0.4, 0.5) is 0 Å². The van der Waals surface area contributed by atoms with Crippen molar-refractivity contribution in [2.24, 2.45) is 0 Å². The first-order valence-electron chi connectivity index (χ1n) is 10.6. The molecule has 2 N–H and O–H groups in total. The van der Waals surface area contributed by atoms with Crippen LogP contribution < -0.4 is 0 Å². The maximum atomic E-state index is 4.90. The number of hydrogen-bond acceptors (Lipinski definition) is 6. The summed E-state index contributed by atoms with van der Waals surface area (Å²) in [6, 6.07) is 14.5. The van der Waals surface area contributed by atoms with E-state index in [2.05, 4.69) is 79.9 Å². The van der Waals surface area contributed by atoms with Crippen molar-refractivity contribution in [3.63, 3.8) is 0 Å². The van der Waals surface area contributed by atoms with Gasteiger partial charge >= 0.3 is 0 Å². The first-order valence-corrected chi connectivity index (χ1v) is 11.5. The van der Waals surface area contributed by atoms with Crippen LogP contribution in [-0.2, 0) is 6.54 Å². The summed E-state index contributed by atoms with van der Waals surface area (Å²) < 4.78 is 0. The summed E-state index contributed by atoms with van der Waals surface area (Å²) in [5.41, 5.74) is 7.78. The predicted octanol–water partition coefficient (Wildman–Crippen LogP) is 5.35. The molecule has 0 fully saturated rings. The summed E-state index contributed by atoms with van der Waals surface area (Å²) in [7, 11) is 4.12. The molecule has 6 aromatic rings. The summed E-state index contributed by atoms with van der Waals surface area (Å²) in [6.07, 6.45) is 5.63. The average molecular weight is 452 g/mol. The SMILES string of the molecule is CN(C)Cc1cncc(-c2ccc3[nH]nc(-c4nc5c(-c6cccs6)nccc5[nH]4)c3c2)c1. The van der Waals surface area contributed by atoms with Crippen molar-refractivity contribution in [2.45, 2.75) is 6.54 Å². The number of imidazole rings is 1. The van der Waals surface area contributed by atoms with Gasteiger partial charge in [0.1, 0.15) is 16.9 Å². The molecule has 5 heterocycles. The Morgan fingerprint density at radius 3 is 2.76 bits per heavy atom. The van der Waals surface area contributed by atoms with E-state index in [0.29, 0.717) is 0 Å². The highest BCUT2D eigenvalue weighted by molar-refractivity contribution is 7.13. The number of thiophene rings is 1. The predicted molar refractivity (Wildman–Crippen MR) is 133 cm³/mol. The molecule has 0 saturated carbocycles. The largest absolute Gasteiger partial charge is 0.336 e. The lowest BCUT2D eigenvalue weighted by Crippen LogP contribution is -2.10. The Labute approximate surface area is 194 Å². The van der Waals surface area contributed by atoms with Crippen LogP contribution in [0.25, 0.3) is 55.2 Å². The zero-order chi connectivity index (χ0) is 22.4. The van der Waals surface area contributed by atoms with Gasteiger partial charge in [-0.1, -0.05) is 12.1 Å². The van der Waals surface area contributed by atoms with Crippen LogP contribution >= 0.6 is 11.3 Å². The lowest BCUT2D eigenvalue weighted by atomic mass is 10.0. The third kappa shape index (κ3) is 3.59. The Kier molecular flexibility index (Phi) is 4.74. The summed E-state index contributed by atoms with van der Waals surface area (Å²) in [5.74, 6) is 0.721. The van der Waals surface area contributed by atoms with Crippen molar-refractivity contribution in [3.05, 3.63) is 72.0 Å². The van der Waals surface area contributed by atoms with Crippen molar-refractivity contribution < 1.29 is 0 Å². The standard InChI is InChI=1S/C25H21N7S/c1-32(2)14-15-10-17(13-26-12-15)16-5-6-19-18(11-16)22(31-30-19)25-28-20-7-8-27-24(23(20)29-25)21-4-3-9-33-21/h3-13H,14H2,1-2H3,(H,28,29)(H,30,31). The minimum absolute atomic E-state index is 0.721. The fourth-order valence-corrected chi connectivity index (χ4v) is 4.83. The molecular formula is C25H21N7S. The molecule has 33 heavy (non-hydrogen) atoms. The summed E-state index contributed by atoms with van der Waals surface area (Å²) in [6.45, 7) is 0.847. The van der Waals surface area contributed by atoms with Gasteiger partial charge in [-0.25, -0.2) is 4.98 Å². The highest BCUT2D eigenvalue weighted by atomic mass is 32.1. The third-order valence-corrected chi connectivity index (χ3v) is 6.45. The maximum absolute atomic E-state index is 4.90. The zero-order valence-electron chi connectivity index (χ0n) is 18.2. The second-order valence-electron chi connectivity index (χ2n) is 8.27.